The molecule has 0 fully saturated rings. The predicted molar refractivity (Wildman–Crippen MR) is 115 cm³/mol. The van der Waals surface area contributed by atoms with Gasteiger partial charge in [0.25, 0.3) is 5.69 Å². The molecule has 1 atom stereocenters. The Balaban J connectivity index is 2.59. The summed E-state index contributed by atoms with van der Waals surface area (Å²) >= 11 is 1.53. The molecule has 0 saturated carbocycles. The first-order chi connectivity index (χ1) is 14.3. The molecule has 9 heteroatoms. The maximum absolute atomic E-state index is 12.9. The molecule has 2 rings (SSSR count). The molecule has 160 valence electrons. The van der Waals surface area contributed by atoms with Gasteiger partial charge in [0.15, 0.2) is 0 Å². The number of thioether (sulfide) groups is 1. The predicted octanol–water partition coefficient (Wildman–Crippen LogP) is 3.47. The lowest BCUT2D eigenvalue weighted by Crippen LogP contribution is -2.32. The molecule has 1 unspecified atom stereocenters. The number of dihydropyridines is 1. The molecule has 0 spiro atoms. The zero-order chi connectivity index (χ0) is 22.3. The van der Waals surface area contributed by atoms with E-state index in [9.17, 15) is 19.7 Å². The van der Waals surface area contributed by atoms with Crippen molar-refractivity contribution in [1.82, 2.24) is 5.32 Å². The van der Waals surface area contributed by atoms with Crippen molar-refractivity contribution in [3.05, 3.63) is 75.1 Å². The molecular formula is C21H24N2O6S. The highest BCUT2D eigenvalue weighted by Crippen LogP contribution is 2.40. The maximum atomic E-state index is 12.9. The molecule has 0 aromatic heterocycles. The van der Waals surface area contributed by atoms with E-state index in [0.717, 1.165) is 0 Å². The number of nitrogens with zero attached hydrogens (tertiary/aromatic N) is 1. The average Bonchev–Trinajstić information content (AvgIpc) is 2.71. The van der Waals surface area contributed by atoms with Crippen LogP contribution in [0, 0.1) is 10.1 Å². The maximum Gasteiger partial charge on any atom is 0.337 e. The molecule has 0 bridgehead atoms. The van der Waals surface area contributed by atoms with E-state index in [4.69, 9.17) is 9.47 Å². The number of hydrogen-bond donors (Lipinski definition) is 1. The first-order valence-corrected chi connectivity index (χ1v) is 10.6. The number of benzene rings is 1. The molecular weight excluding hydrogens is 408 g/mol. The van der Waals surface area contributed by atoms with Crippen LogP contribution in [0.3, 0.4) is 0 Å². The Morgan fingerprint density at radius 2 is 1.87 bits per heavy atom. The van der Waals surface area contributed by atoms with Gasteiger partial charge in [0.05, 0.1) is 22.0 Å². The van der Waals surface area contributed by atoms with Crippen LogP contribution in [0.15, 0.2) is 59.5 Å². The third-order valence-corrected chi connectivity index (χ3v) is 5.04. The Kier molecular flexibility index (Phi) is 8.23. The van der Waals surface area contributed by atoms with E-state index in [1.165, 1.54) is 36.0 Å². The van der Waals surface area contributed by atoms with Crippen molar-refractivity contribution in [3.8, 4) is 0 Å². The molecule has 0 amide bonds. The minimum absolute atomic E-state index is 0.00648. The Bertz CT molecular complexity index is 922. The Morgan fingerprint density at radius 3 is 2.43 bits per heavy atom. The van der Waals surface area contributed by atoms with Crippen molar-refractivity contribution < 1.29 is 24.0 Å². The fourth-order valence-electron chi connectivity index (χ4n) is 3.19. The van der Waals surface area contributed by atoms with Gasteiger partial charge in [-0.15, -0.1) is 0 Å². The van der Waals surface area contributed by atoms with Crippen molar-refractivity contribution in [2.75, 3.05) is 25.2 Å². The van der Waals surface area contributed by atoms with E-state index < -0.39 is 22.8 Å². The summed E-state index contributed by atoms with van der Waals surface area (Å²) in [5, 5.41) is 14.3. The molecule has 1 aromatic carbocycles. The molecule has 0 saturated heterocycles. The number of non-ortho nitro benzene ring substituents is 1. The van der Waals surface area contributed by atoms with Crippen LogP contribution in [-0.2, 0) is 19.1 Å². The lowest BCUT2D eigenvalue weighted by Gasteiger charge is -2.30. The fourth-order valence-corrected chi connectivity index (χ4v) is 3.44. The number of carbonyl (C=O) groups is 2. The summed E-state index contributed by atoms with van der Waals surface area (Å²) < 4.78 is 10.6. The summed E-state index contributed by atoms with van der Waals surface area (Å²) in [6.07, 6.45) is 3.33. The van der Waals surface area contributed by atoms with Crippen molar-refractivity contribution in [3.63, 3.8) is 0 Å². The van der Waals surface area contributed by atoms with Crippen molar-refractivity contribution in [2.24, 2.45) is 0 Å². The number of nitrogens with one attached hydrogen (secondary N) is 1. The van der Waals surface area contributed by atoms with Crippen molar-refractivity contribution in [1.29, 1.82) is 0 Å². The van der Waals surface area contributed by atoms with Gasteiger partial charge in [-0.05, 0) is 25.7 Å². The molecule has 8 nitrogen and oxygen atoms in total. The van der Waals surface area contributed by atoms with Crippen LogP contribution in [0.2, 0.25) is 0 Å². The normalized spacial score (nSPS) is 16.0. The molecule has 30 heavy (non-hydrogen) atoms. The smallest absolute Gasteiger partial charge is 0.337 e. The highest BCUT2D eigenvalue weighted by molar-refractivity contribution is 7.98. The van der Waals surface area contributed by atoms with Crippen molar-refractivity contribution >= 4 is 29.4 Å². The monoisotopic (exact) mass is 432 g/mol. The summed E-state index contributed by atoms with van der Waals surface area (Å²) in [4.78, 5) is 36.5. The number of carbonyl (C=O) groups excluding carboxylic acids is 2. The summed E-state index contributed by atoms with van der Waals surface area (Å²) in [7, 11) is 0. The summed E-state index contributed by atoms with van der Waals surface area (Å²) in [5.74, 6) is -1.48. The van der Waals surface area contributed by atoms with Gasteiger partial charge >= 0.3 is 11.9 Å². The van der Waals surface area contributed by atoms with E-state index in [1.807, 2.05) is 6.26 Å². The van der Waals surface area contributed by atoms with Gasteiger partial charge < -0.3 is 14.8 Å². The molecule has 0 radical (unpaired) electrons. The van der Waals surface area contributed by atoms with Gasteiger partial charge in [-0.3, -0.25) is 10.1 Å². The topological polar surface area (TPSA) is 108 Å². The SMILES string of the molecule is C=CCOC(=O)C1=C(C)NC(C)=C(C(=O)OCCSC)C1c1cccc([N+](=O)[O-])c1. The van der Waals surface area contributed by atoms with Crippen LogP contribution >= 0.6 is 11.8 Å². The van der Waals surface area contributed by atoms with Crippen LogP contribution in [0.4, 0.5) is 5.69 Å². The van der Waals surface area contributed by atoms with E-state index >= 15 is 0 Å². The first kappa shape index (κ1) is 23.2. The number of ether oxygens (including phenoxy) is 2. The van der Waals surface area contributed by atoms with Crippen molar-refractivity contribution in [2.45, 2.75) is 19.8 Å². The van der Waals surface area contributed by atoms with Gasteiger partial charge in [0.1, 0.15) is 13.2 Å². The molecule has 0 aliphatic carbocycles. The van der Waals surface area contributed by atoms with Crippen LogP contribution in [0.5, 0.6) is 0 Å². The summed E-state index contributed by atoms with van der Waals surface area (Å²) in [6.45, 7) is 7.12. The van der Waals surface area contributed by atoms with Crippen LogP contribution in [-0.4, -0.2) is 42.1 Å². The highest BCUT2D eigenvalue weighted by atomic mass is 32.2. The van der Waals surface area contributed by atoms with Gasteiger partial charge in [0, 0.05) is 29.3 Å². The largest absolute Gasteiger partial charge is 0.461 e. The van der Waals surface area contributed by atoms with Crippen LogP contribution in [0.1, 0.15) is 25.3 Å². The average molecular weight is 432 g/mol. The minimum Gasteiger partial charge on any atom is -0.461 e. The van der Waals surface area contributed by atoms with E-state index in [2.05, 4.69) is 11.9 Å². The van der Waals surface area contributed by atoms with Gasteiger partial charge in [-0.1, -0.05) is 24.8 Å². The Morgan fingerprint density at radius 1 is 1.23 bits per heavy atom. The minimum atomic E-state index is -0.870. The second-order valence-electron chi connectivity index (χ2n) is 6.50. The molecule has 1 aliphatic rings. The van der Waals surface area contributed by atoms with Gasteiger partial charge in [-0.2, -0.15) is 11.8 Å². The van der Waals surface area contributed by atoms with E-state index in [-0.39, 0.29) is 30.0 Å². The lowest BCUT2D eigenvalue weighted by molar-refractivity contribution is -0.384. The zero-order valence-corrected chi connectivity index (χ0v) is 17.9. The quantitative estimate of drug-likeness (QED) is 0.208. The number of rotatable bonds is 9. The fraction of sp³-hybridized carbons (Fsp3) is 0.333. The molecule has 1 aromatic rings. The zero-order valence-electron chi connectivity index (χ0n) is 17.1. The standard InChI is InChI=1S/C21H24N2O6S/c1-5-9-28-20(24)17-13(2)22-14(3)18(21(25)29-10-11-30-4)19(17)15-7-6-8-16(12-15)23(26)27/h5-8,12,19,22H,1,9-11H2,2-4H3. The van der Waals surface area contributed by atoms with Crippen LogP contribution in [0.25, 0.3) is 0 Å². The van der Waals surface area contributed by atoms with E-state index in [0.29, 0.717) is 22.7 Å². The Hall–Kier alpha value is -3.07. The summed E-state index contributed by atoms with van der Waals surface area (Å²) in [5.41, 5.74) is 1.70. The highest BCUT2D eigenvalue weighted by Gasteiger charge is 2.38. The van der Waals surface area contributed by atoms with Gasteiger partial charge in [-0.25, -0.2) is 9.59 Å². The first-order valence-electron chi connectivity index (χ1n) is 9.18. The lowest BCUT2D eigenvalue weighted by atomic mass is 9.80. The number of nitro benzene ring substituents is 1. The number of allylic oxidation sites excluding steroid dienone is 2. The molecule has 1 heterocycles. The Labute approximate surface area is 179 Å². The number of nitro groups is 1. The van der Waals surface area contributed by atoms with Gasteiger partial charge in [0.2, 0.25) is 0 Å². The van der Waals surface area contributed by atoms with Crippen LogP contribution < -0.4 is 5.32 Å². The third kappa shape index (κ3) is 5.29. The third-order valence-electron chi connectivity index (χ3n) is 4.47. The van der Waals surface area contributed by atoms with E-state index in [1.54, 1.807) is 19.9 Å². The second kappa shape index (κ2) is 10.6. The number of hydrogen-bond acceptors (Lipinski definition) is 8. The number of esters is 2. The second-order valence-corrected chi connectivity index (χ2v) is 7.49. The molecule has 1 aliphatic heterocycles. The summed E-state index contributed by atoms with van der Waals surface area (Å²) in [6, 6.07) is 5.86. The molecule has 1 N–H and O–H groups in total.